The predicted octanol–water partition coefficient (Wildman–Crippen LogP) is 4.06. The van der Waals surface area contributed by atoms with E-state index in [9.17, 15) is 0 Å². The Kier molecular flexibility index (Phi) is 3.83. The van der Waals surface area contributed by atoms with Crippen LogP contribution in [0.4, 0.5) is 5.69 Å². The van der Waals surface area contributed by atoms with Crippen LogP contribution >= 0.6 is 11.3 Å². The molecule has 0 aliphatic carbocycles. The van der Waals surface area contributed by atoms with Gasteiger partial charge in [0, 0.05) is 16.0 Å². The molecular weight excluding hydrogens is 282 g/mol. The molecule has 21 heavy (non-hydrogen) atoms. The molecule has 0 fully saturated rings. The lowest BCUT2D eigenvalue weighted by atomic mass is 10.1. The van der Waals surface area contributed by atoms with Crippen molar-refractivity contribution in [1.29, 1.82) is 0 Å². The Labute approximate surface area is 127 Å². The van der Waals surface area contributed by atoms with Gasteiger partial charge in [-0.2, -0.15) is 5.10 Å². The van der Waals surface area contributed by atoms with E-state index in [4.69, 9.17) is 4.74 Å². The zero-order valence-electron chi connectivity index (χ0n) is 11.8. The molecule has 0 spiro atoms. The summed E-state index contributed by atoms with van der Waals surface area (Å²) in [5, 5.41) is 7.31. The summed E-state index contributed by atoms with van der Waals surface area (Å²) in [6.07, 6.45) is 1.81. The summed E-state index contributed by atoms with van der Waals surface area (Å²) in [5.41, 5.74) is 5.89. The van der Waals surface area contributed by atoms with Crippen LogP contribution in [0.15, 0.2) is 46.9 Å². The molecule has 0 aliphatic heterocycles. The van der Waals surface area contributed by atoms with Crippen molar-refractivity contribution in [1.82, 2.24) is 4.98 Å². The van der Waals surface area contributed by atoms with Crippen molar-refractivity contribution in [2.45, 2.75) is 6.92 Å². The third-order valence-corrected chi connectivity index (χ3v) is 3.87. The van der Waals surface area contributed by atoms with Crippen LogP contribution in [-0.2, 0) is 0 Å². The molecule has 0 unspecified atom stereocenters. The predicted molar refractivity (Wildman–Crippen MR) is 88.6 cm³/mol. The first-order valence-electron chi connectivity index (χ1n) is 6.54. The van der Waals surface area contributed by atoms with Crippen molar-refractivity contribution < 1.29 is 4.74 Å². The highest BCUT2D eigenvalue weighted by molar-refractivity contribution is 7.11. The number of hydrogen-bond donors (Lipinski definition) is 1. The number of fused-ring (bicyclic) bond motifs is 1. The molecule has 5 heteroatoms. The number of benzene rings is 1. The Morgan fingerprint density at radius 3 is 2.95 bits per heavy atom. The summed E-state index contributed by atoms with van der Waals surface area (Å²) in [7, 11) is 1.66. The number of methoxy groups -OCH3 is 1. The number of thiophene rings is 1. The molecule has 1 N–H and O–H groups in total. The average Bonchev–Trinajstić information content (AvgIpc) is 3.00. The van der Waals surface area contributed by atoms with Crippen molar-refractivity contribution >= 4 is 34.1 Å². The van der Waals surface area contributed by atoms with E-state index in [1.165, 1.54) is 0 Å². The molecule has 2 aromatic heterocycles. The number of aromatic nitrogens is 1. The molecule has 0 saturated carbocycles. The number of anilines is 1. The van der Waals surface area contributed by atoms with Gasteiger partial charge in [0.2, 0.25) is 0 Å². The number of nitrogens with zero attached hydrogens (tertiary/aromatic N) is 2. The van der Waals surface area contributed by atoms with Crippen molar-refractivity contribution in [3.63, 3.8) is 0 Å². The normalized spacial score (nSPS) is 11.1. The molecule has 0 amide bonds. The summed E-state index contributed by atoms with van der Waals surface area (Å²) in [5.74, 6) is 0.804. The van der Waals surface area contributed by atoms with Crippen LogP contribution in [0, 0.1) is 6.92 Å². The van der Waals surface area contributed by atoms with E-state index in [1.807, 2.05) is 54.9 Å². The fraction of sp³-hybridized carbons (Fsp3) is 0.125. The molecule has 4 nitrogen and oxygen atoms in total. The summed E-state index contributed by atoms with van der Waals surface area (Å²) >= 11 is 1.65. The molecule has 1 aromatic carbocycles. The quantitative estimate of drug-likeness (QED) is 0.583. The summed E-state index contributed by atoms with van der Waals surface area (Å²) in [6, 6.07) is 11.8. The summed E-state index contributed by atoms with van der Waals surface area (Å²) in [4.78, 5) is 5.63. The van der Waals surface area contributed by atoms with E-state index in [0.717, 1.165) is 32.9 Å². The second-order valence-corrected chi connectivity index (χ2v) is 5.56. The van der Waals surface area contributed by atoms with Gasteiger partial charge in [0.1, 0.15) is 5.75 Å². The number of pyridine rings is 1. The molecule has 0 atom stereocenters. The van der Waals surface area contributed by atoms with Gasteiger partial charge in [0.25, 0.3) is 0 Å². The highest BCUT2D eigenvalue weighted by Crippen LogP contribution is 2.27. The SMILES string of the molecule is COc1ccc2nc(C)cc(N/N=C\c3cccs3)c2c1. The Bertz CT molecular complexity index is 782. The number of hydrazone groups is 1. The van der Waals surface area contributed by atoms with Crippen LogP contribution in [0.2, 0.25) is 0 Å². The molecule has 0 bridgehead atoms. The average molecular weight is 297 g/mol. The van der Waals surface area contributed by atoms with Crippen LogP contribution in [0.3, 0.4) is 0 Å². The minimum atomic E-state index is 0.804. The second kappa shape index (κ2) is 5.93. The van der Waals surface area contributed by atoms with Gasteiger partial charge >= 0.3 is 0 Å². The zero-order valence-corrected chi connectivity index (χ0v) is 12.6. The van der Waals surface area contributed by atoms with Crippen molar-refractivity contribution in [3.05, 3.63) is 52.3 Å². The Balaban J connectivity index is 1.96. The zero-order chi connectivity index (χ0) is 14.7. The van der Waals surface area contributed by atoms with Crippen LogP contribution in [-0.4, -0.2) is 18.3 Å². The van der Waals surface area contributed by atoms with Crippen LogP contribution < -0.4 is 10.2 Å². The van der Waals surface area contributed by atoms with E-state index in [-0.39, 0.29) is 0 Å². The van der Waals surface area contributed by atoms with Gasteiger partial charge in [-0.15, -0.1) is 11.3 Å². The third kappa shape index (κ3) is 3.03. The first-order chi connectivity index (χ1) is 10.3. The van der Waals surface area contributed by atoms with Gasteiger partial charge in [-0.1, -0.05) is 6.07 Å². The van der Waals surface area contributed by atoms with Gasteiger partial charge < -0.3 is 4.74 Å². The lowest BCUT2D eigenvalue weighted by Crippen LogP contribution is -1.95. The van der Waals surface area contributed by atoms with Gasteiger partial charge in [-0.25, -0.2) is 0 Å². The Hall–Kier alpha value is -2.40. The second-order valence-electron chi connectivity index (χ2n) is 4.58. The maximum Gasteiger partial charge on any atom is 0.119 e. The molecule has 0 saturated heterocycles. The number of aryl methyl sites for hydroxylation is 1. The van der Waals surface area contributed by atoms with Gasteiger partial charge in [0.05, 0.1) is 24.5 Å². The first-order valence-corrected chi connectivity index (χ1v) is 7.42. The Morgan fingerprint density at radius 1 is 1.29 bits per heavy atom. The first kappa shape index (κ1) is 13.6. The number of rotatable bonds is 4. The highest BCUT2D eigenvalue weighted by Gasteiger charge is 2.05. The largest absolute Gasteiger partial charge is 0.497 e. The van der Waals surface area contributed by atoms with Gasteiger partial charge in [0.15, 0.2) is 0 Å². The number of nitrogens with one attached hydrogen (secondary N) is 1. The molecule has 0 radical (unpaired) electrons. The minimum absolute atomic E-state index is 0.804. The monoisotopic (exact) mass is 297 g/mol. The number of ether oxygens (including phenoxy) is 1. The number of hydrogen-bond acceptors (Lipinski definition) is 5. The lowest BCUT2D eigenvalue weighted by Gasteiger charge is -2.08. The highest BCUT2D eigenvalue weighted by atomic mass is 32.1. The third-order valence-electron chi connectivity index (χ3n) is 3.06. The van der Waals surface area contributed by atoms with E-state index >= 15 is 0 Å². The fourth-order valence-corrected chi connectivity index (χ4v) is 2.67. The van der Waals surface area contributed by atoms with Crippen LogP contribution in [0.25, 0.3) is 10.9 Å². The van der Waals surface area contributed by atoms with E-state index in [2.05, 4.69) is 15.5 Å². The standard InChI is InChI=1S/C16H15N3OS/c1-11-8-16(19-17-10-13-4-3-7-21-13)14-9-12(20-2)5-6-15(14)18-11/h3-10H,1-2H3,(H,18,19)/b17-10-. The molecule has 3 rings (SSSR count). The van der Waals surface area contributed by atoms with Crippen molar-refractivity contribution in [3.8, 4) is 5.75 Å². The van der Waals surface area contributed by atoms with Gasteiger partial charge in [-0.05, 0) is 42.6 Å². The van der Waals surface area contributed by atoms with E-state index in [1.54, 1.807) is 18.4 Å². The maximum absolute atomic E-state index is 5.28. The smallest absolute Gasteiger partial charge is 0.119 e. The Morgan fingerprint density at radius 2 is 2.19 bits per heavy atom. The maximum atomic E-state index is 5.28. The molecule has 106 valence electrons. The van der Waals surface area contributed by atoms with Crippen LogP contribution in [0.1, 0.15) is 10.6 Å². The lowest BCUT2D eigenvalue weighted by molar-refractivity contribution is 0.415. The van der Waals surface area contributed by atoms with Crippen molar-refractivity contribution in [2.75, 3.05) is 12.5 Å². The van der Waals surface area contributed by atoms with Crippen molar-refractivity contribution in [2.24, 2.45) is 5.10 Å². The minimum Gasteiger partial charge on any atom is -0.497 e. The summed E-state index contributed by atoms with van der Waals surface area (Å²) in [6.45, 7) is 1.97. The molecular formula is C16H15N3OS. The molecule has 2 heterocycles. The van der Waals surface area contributed by atoms with Gasteiger partial charge in [-0.3, -0.25) is 10.4 Å². The van der Waals surface area contributed by atoms with E-state index in [0.29, 0.717) is 0 Å². The molecule has 3 aromatic rings. The fourth-order valence-electron chi connectivity index (χ4n) is 2.09. The summed E-state index contributed by atoms with van der Waals surface area (Å²) < 4.78 is 5.28. The topological polar surface area (TPSA) is 46.5 Å². The van der Waals surface area contributed by atoms with E-state index < -0.39 is 0 Å². The molecule has 0 aliphatic rings. The van der Waals surface area contributed by atoms with Crippen LogP contribution in [0.5, 0.6) is 5.75 Å².